The molecule has 3 atom stereocenters. The number of ether oxygens (including phenoxy) is 1. The first-order valence-corrected chi connectivity index (χ1v) is 7.63. The van der Waals surface area contributed by atoms with Crippen molar-refractivity contribution in [2.45, 2.75) is 23.2 Å². The molecule has 3 rings (SSSR count). The Labute approximate surface area is 136 Å². The van der Waals surface area contributed by atoms with Crippen LogP contribution in [-0.4, -0.2) is 38.9 Å². The number of hydrogen-bond acceptors (Lipinski definition) is 5. The van der Waals surface area contributed by atoms with Gasteiger partial charge in [0.2, 0.25) is 0 Å². The van der Waals surface area contributed by atoms with Gasteiger partial charge in [-0.25, -0.2) is 4.79 Å². The topological polar surface area (TPSA) is 51.7 Å². The van der Waals surface area contributed by atoms with Crippen LogP contribution in [0.25, 0.3) is 5.70 Å². The van der Waals surface area contributed by atoms with Crippen LogP contribution in [-0.2, 0) is 9.53 Å². The molecule has 21 heavy (non-hydrogen) atoms. The molecule has 5 nitrogen and oxygen atoms in total. The van der Waals surface area contributed by atoms with Crippen molar-refractivity contribution in [3.8, 4) is 5.75 Å². The second-order valence-electron chi connectivity index (χ2n) is 4.47. The quantitative estimate of drug-likeness (QED) is 0.467. The predicted molar refractivity (Wildman–Crippen MR) is 79.2 cm³/mol. The number of nitrogens with zero attached hydrogens (tertiary/aromatic N) is 2. The van der Waals surface area contributed by atoms with Gasteiger partial charge in [0.15, 0.2) is 11.3 Å². The van der Waals surface area contributed by atoms with E-state index in [9.17, 15) is 4.79 Å². The molecular formula is C13H11Cl3N2O3. The van der Waals surface area contributed by atoms with Crippen LogP contribution in [0.3, 0.4) is 0 Å². The van der Waals surface area contributed by atoms with Gasteiger partial charge in [0.1, 0.15) is 11.4 Å². The fraction of sp³-hybridized carbons (Fsp3) is 0.385. The summed E-state index contributed by atoms with van der Waals surface area (Å²) in [7, 11) is 0. The molecule has 0 aromatic carbocycles. The first-order chi connectivity index (χ1) is 10.1. The molecule has 3 heterocycles. The molecule has 8 heteroatoms. The number of hydrogen-bond donors (Lipinski definition) is 0. The average Bonchev–Trinajstić information content (AvgIpc) is 2.85. The van der Waals surface area contributed by atoms with Crippen LogP contribution in [0.1, 0.15) is 12.6 Å². The number of halogens is 3. The number of fused-ring (bicyclic) bond motifs is 3. The SMILES string of the molecule is CCOC(=O)C1=C2c3ncccc3ON2[C@H](Cl)[C@H](Cl)[C@H]1Cl. The number of alkyl halides is 3. The van der Waals surface area contributed by atoms with E-state index in [2.05, 4.69) is 4.98 Å². The van der Waals surface area contributed by atoms with Gasteiger partial charge in [-0.05, 0) is 19.1 Å². The molecule has 0 spiro atoms. The van der Waals surface area contributed by atoms with E-state index in [1.165, 1.54) is 5.06 Å². The lowest BCUT2D eigenvalue weighted by Gasteiger charge is -2.35. The molecule has 1 aromatic heterocycles. The Kier molecular flexibility index (Phi) is 3.90. The van der Waals surface area contributed by atoms with Gasteiger partial charge in [-0.2, -0.15) is 5.06 Å². The van der Waals surface area contributed by atoms with Crippen molar-refractivity contribution in [3.63, 3.8) is 0 Å². The number of hydroxylamine groups is 2. The van der Waals surface area contributed by atoms with Crippen molar-refractivity contribution in [3.05, 3.63) is 29.6 Å². The molecule has 0 N–H and O–H groups in total. The fourth-order valence-electron chi connectivity index (χ4n) is 2.29. The summed E-state index contributed by atoms with van der Waals surface area (Å²) in [6, 6.07) is 3.45. The highest BCUT2D eigenvalue weighted by atomic mass is 35.5. The standard InChI is InChI=1S/C13H11Cl3N2O3/c1-2-20-13(19)7-8(14)9(15)12(16)18-11(7)10-6(21-18)4-3-5-17-10/h3-5,8-9,12H,2H2,1H3/t8-,9+,12-/m0/s1. The lowest BCUT2D eigenvalue weighted by Crippen LogP contribution is -2.47. The second kappa shape index (κ2) is 5.55. The van der Waals surface area contributed by atoms with Crippen LogP contribution in [0.4, 0.5) is 0 Å². The third kappa shape index (κ3) is 2.24. The van der Waals surface area contributed by atoms with E-state index in [1.807, 2.05) is 0 Å². The predicted octanol–water partition coefficient (Wildman–Crippen LogP) is 2.76. The van der Waals surface area contributed by atoms with Gasteiger partial charge in [0.05, 0.1) is 22.9 Å². The van der Waals surface area contributed by atoms with Gasteiger partial charge in [-0.15, -0.1) is 23.2 Å². The molecule has 0 saturated heterocycles. The molecule has 0 bridgehead atoms. The fourth-order valence-corrected chi connectivity index (χ4v) is 3.21. The molecular weight excluding hydrogens is 339 g/mol. The maximum Gasteiger partial charge on any atom is 0.337 e. The zero-order valence-electron chi connectivity index (χ0n) is 10.9. The Balaban J connectivity index is 2.19. The molecule has 0 amide bonds. The third-order valence-electron chi connectivity index (χ3n) is 3.20. The molecule has 0 radical (unpaired) electrons. The first-order valence-electron chi connectivity index (χ1n) is 6.32. The summed E-state index contributed by atoms with van der Waals surface area (Å²) < 4.78 is 5.07. The van der Waals surface area contributed by atoms with E-state index in [4.69, 9.17) is 44.4 Å². The maximum atomic E-state index is 12.2. The zero-order chi connectivity index (χ0) is 15.1. The Bertz CT molecular complexity index is 622. The Morgan fingerprint density at radius 1 is 1.48 bits per heavy atom. The largest absolute Gasteiger partial charge is 0.463 e. The van der Waals surface area contributed by atoms with Gasteiger partial charge in [0.25, 0.3) is 0 Å². The minimum Gasteiger partial charge on any atom is -0.463 e. The van der Waals surface area contributed by atoms with Crippen LogP contribution in [0.2, 0.25) is 0 Å². The van der Waals surface area contributed by atoms with Gasteiger partial charge >= 0.3 is 5.97 Å². The van der Waals surface area contributed by atoms with Crippen LogP contribution >= 0.6 is 34.8 Å². The summed E-state index contributed by atoms with van der Waals surface area (Å²) in [5.74, 6) is -0.0524. The molecule has 0 fully saturated rings. The molecule has 0 unspecified atom stereocenters. The van der Waals surface area contributed by atoms with E-state index in [-0.39, 0.29) is 12.2 Å². The highest BCUT2D eigenvalue weighted by Gasteiger charge is 2.49. The average molecular weight is 350 g/mol. The van der Waals surface area contributed by atoms with E-state index >= 15 is 0 Å². The molecule has 112 valence electrons. The van der Waals surface area contributed by atoms with Crippen molar-refractivity contribution in [2.75, 3.05) is 6.61 Å². The normalized spacial score (nSPS) is 27.0. The van der Waals surface area contributed by atoms with Crippen molar-refractivity contribution in [2.24, 2.45) is 0 Å². The van der Waals surface area contributed by atoms with Crippen molar-refractivity contribution >= 4 is 46.5 Å². The minimum atomic E-state index is -0.795. The summed E-state index contributed by atoms with van der Waals surface area (Å²) in [5.41, 5.74) is 0.408. The minimum absolute atomic E-state index is 0.216. The lowest BCUT2D eigenvalue weighted by molar-refractivity contribution is -0.139. The highest BCUT2D eigenvalue weighted by Crippen LogP contribution is 2.46. The Morgan fingerprint density at radius 2 is 2.24 bits per heavy atom. The second-order valence-corrected chi connectivity index (χ2v) is 5.89. The number of aromatic nitrogens is 1. The van der Waals surface area contributed by atoms with Crippen molar-refractivity contribution in [1.29, 1.82) is 0 Å². The number of carbonyl (C=O) groups is 1. The Hall–Kier alpha value is -1.17. The highest BCUT2D eigenvalue weighted by molar-refractivity contribution is 6.38. The van der Waals surface area contributed by atoms with Crippen molar-refractivity contribution in [1.82, 2.24) is 10.0 Å². The van der Waals surface area contributed by atoms with E-state index < -0.39 is 22.2 Å². The van der Waals surface area contributed by atoms with E-state index in [0.29, 0.717) is 17.1 Å². The third-order valence-corrected chi connectivity index (χ3v) is 4.89. The van der Waals surface area contributed by atoms with Gasteiger partial charge in [-0.3, -0.25) is 4.98 Å². The summed E-state index contributed by atoms with van der Waals surface area (Å²) in [4.78, 5) is 22.1. The Morgan fingerprint density at radius 3 is 2.95 bits per heavy atom. The monoisotopic (exact) mass is 348 g/mol. The smallest absolute Gasteiger partial charge is 0.337 e. The number of carbonyl (C=O) groups excluding carboxylic acids is 1. The summed E-state index contributed by atoms with van der Waals surface area (Å²) in [5, 5.41) is -0.149. The molecule has 0 saturated carbocycles. The maximum absolute atomic E-state index is 12.2. The van der Waals surface area contributed by atoms with E-state index in [1.54, 1.807) is 25.3 Å². The number of rotatable bonds is 2. The lowest BCUT2D eigenvalue weighted by atomic mass is 10.0. The van der Waals surface area contributed by atoms with Crippen LogP contribution in [0, 0.1) is 0 Å². The summed E-state index contributed by atoms with van der Waals surface area (Å²) in [6.45, 7) is 1.94. The molecule has 1 aromatic rings. The summed E-state index contributed by atoms with van der Waals surface area (Å²) >= 11 is 18.8. The van der Waals surface area contributed by atoms with Crippen LogP contribution in [0.15, 0.2) is 23.9 Å². The first kappa shape index (κ1) is 14.8. The van der Waals surface area contributed by atoms with Gasteiger partial charge in [-0.1, -0.05) is 11.6 Å². The van der Waals surface area contributed by atoms with Crippen LogP contribution < -0.4 is 4.84 Å². The van der Waals surface area contributed by atoms with E-state index in [0.717, 1.165) is 0 Å². The molecule has 2 aliphatic rings. The molecule has 0 aliphatic carbocycles. The van der Waals surface area contributed by atoms with Crippen molar-refractivity contribution < 1.29 is 14.4 Å². The number of pyridine rings is 1. The number of esters is 1. The van der Waals surface area contributed by atoms with Gasteiger partial charge in [0, 0.05) is 6.20 Å². The zero-order valence-corrected chi connectivity index (χ0v) is 13.2. The molecule has 2 aliphatic heterocycles. The summed E-state index contributed by atoms with van der Waals surface area (Å²) in [6.07, 6.45) is 1.60. The van der Waals surface area contributed by atoms with Crippen LogP contribution in [0.5, 0.6) is 5.75 Å². The van der Waals surface area contributed by atoms with Gasteiger partial charge < -0.3 is 9.57 Å².